The van der Waals surface area contributed by atoms with Crippen LogP contribution in [0.15, 0.2) is 18.2 Å². The van der Waals surface area contributed by atoms with Crippen LogP contribution in [0.5, 0.6) is 0 Å². The maximum absolute atomic E-state index is 13.6. The molecule has 0 aliphatic carbocycles. The minimum absolute atomic E-state index is 0.0686. The third-order valence-electron chi connectivity index (χ3n) is 2.70. The smallest absolute Gasteiger partial charge is 0.310 e. The third-order valence-corrected chi connectivity index (χ3v) is 2.70. The number of nitrogens with one attached hydrogen (secondary N) is 1. The van der Waals surface area contributed by atoms with E-state index >= 15 is 0 Å². The van der Waals surface area contributed by atoms with E-state index in [-0.39, 0.29) is 12.0 Å². The lowest BCUT2D eigenvalue weighted by Gasteiger charge is -2.20. The zero-order valence-electron chi connectivity index (χ0n) is 10.5. The van der Waals surface area contributed by atoms with Crippen molar-refractivity contribution < 1.29 is 22.0 Å². The second-order valence-electron chi connectivity index (χ2n) is 4.33. The Hall–Kier alpha value is -1.17. The van der Waals surface area contributed by atoms with Crippen LogP contribution in [0.2, 0.25) is 0 Å². The van der Waals surface area contributed by atoms with Gasteiger partial charge in [-0.2, -0.15) is 13.2 Å². The van der Waals surface area contributed by atoms with E-state index in [0.29, 0.717) is 19.0 Å². The zero-order chi connectivity index (χ0) is 14.5. The molecule has 1 nitrogen and oxygen atoms in total. The molecule has 0 saturated heterocycles. The van der Waals surface area contributed by atoms with Gasteiger partial charge in [0.1, 0.15) is 11.6 Å². The largest absolute Gasteiger partial charge is 0.389 e. The molecule has 19 heavy (non-hydrogen) atoms. The van der Waals surface area contributed by atoms with E-state index in [9.17, 15) is 22.0 Å². The van der Waals surface area contributed by atoms with Crippen LogP contribution in [-0.2, 0) is 0 Å². The number of halogens is 5. The third kappa shape index (κ3) is 5.55. The topological polar surface area (TPSA) is 12.0 Å². The first-order valence-corrected chi connectivity index (χ1v) is 6.08. The number of hydrogen-bond donors (Lipinski definition) is 1. The van der Waals surface area contributed by atoms with E-state index in [1.165, 1.54) is 6.07 Å². The lowest BCUT2D eigenvalue weighted by molar-refractivity contribution is -0.136. The molecule has 0 radical (unpaired) electrons. The molecular weight excluding hydrogens is 265 g/mol. The predicted octanol–water partition coefficient (Wildman–Crippen LogP) is 4.35. The molecule has 0 fully saturated rings. The highest BCUT2D eigenvalue weighted by molar-refractivity contribution is 5.22. The van der Waals surface area contributed by atoms with E-state index in [1.807, 2.05) is 6.92 Å². The van der Waals surface area contributed by atoms with Crippen LogP contribution in [0.25, 0.3) is 0 Å². The fourth-order valence-electron chi connectivity index (χ4n) is 1.78. The molecule has 108 valence electrons. The van der Waals surface area contributed by atoms with Gasteiger partial charge in [-0.25, -0.2) is 8.78 Å². The Morgan fingerprint density at radius 1 is 1.21 bits per heavy atom. The van der Waals surface area contributed by atoms with Gasteiger partial charge in [-0.1, -0.05) is 13.0 Å². The fourth-order valence-corrected chi connectivity index (χ4v) is 1.78. The van der Waals surface area contributed by atoms with Crippen LogP contribution in [0, 0.1) is 11.6 Å². The van der Waals surface area contributed by atoms with Gasteiger partial charge >= 0.3 is 6.18 Å². The Morgan fingerprint density at radius 3 is 2.42 bits per heavy atom. The molecular formula is C13H16F5N. The molecule has 1 aromatic carbocycles. The molecule has 0 aliphatic rings. The molecule has 1 atom stereocenters. The minimum atomic E-state index is -4.29. The summed E-state index contributed by atoms with van der Waals surface area (Å²) in [5.41, 5.74) is 0.0686. The van der Waals surface area contributed by atoms with E-state index < -0.39 is 30.3 Å². The summed E-state index contributed by atoms with van der Waals surface area (Å²) in [5.74, 6) is -1.57. The van der Waals surface area contributed by atoms with Gasteiger partial charge in [0.25, 0.3) is 0 Å². The first-order chi connectivity index (χ1) is 8.83. The maximum atomic E-state index is 13.6. The normalized spacial score (nSPS) is 13.6. The molecule has 0 spiro atoms. The summed E-state index contributed by atoms with van der Waals surface area (Å²) in [6, 6.07) is 2.16. The van der Waals surface area contributed by atoms with Crippen molar-refractivity contribution in [2.75, 3.05) is 6.54 Å². The number of benzene rings is 1. The van der Waals surface area contributed by atoms with Crippen LogP contribution in [-0.4, -0.2) is 12.7 Å². The Balaban J connectivity index is 2.83. The number of hydrogen-bond acceptors (Lipinski definition) is 1. The second-order valence-corrected chi connectivity index (χ2v) is 4.33. The van der Waals surface area contributed by atoms with Crippen molar-refractivity contribution in [3.05, 3.63) is 35.4 Å². The Kier molecular flexibility index (Phi) is 5.72. The van der Waals surface area contributed by atoms with Crippen LogP contribution in [0.3, 0.4) is 0 Å². The summed E-state index contributed by atoms with van der Waals surface area (Å²) < 4.78 is 63.1. The minimum Gasteiger partial charge on any atom is -0.310 e. The summed E-state index contributed by atoms with van der Waals surface area (Å²) in [6.45, 7) is 2.33. The SMILES string of the molecule is CCCNC(CCC(F)(F)F)c1ccc(F)cc1F. The molecule has 0 bridgehead atoms. The Labute approximate surface area is 108 Å². The van der Waals surface area contributed by atoms with Crippen LogP contribution in [0.1, 0.15) is 37.8 Å². The fraction of sp³-hybridized carbons (Fsp3) is 0.538. The van der Waals surface area contributed by atoms with Gasteiger partial charge < -0.3 is 5.32 Å². The number of alkyl halides is 3. The highest BCUT2D eigenvalue weighted by atomic mass is 19.4. The first kappa shape index (κ1) is 15.9. The molecule has 0 aliphatic heterocycles. The van der Waals surface area contributed by atoms with Crippen molar-refractivity contribution in [3.8, 4) is 0 Å². The highest BCUT2D eigenvalue weighted by Crippen LogP contribution is 2.29. The molecule has 0 amide bonds. The van der Waals surface area contributed by atoms with Crippen LogP contribution < -0.4 is 5.32 Å². The van der Waals surface area contributed by atoms with E-state index in [4.69, 9.17) is 0 Å². The van der Waals surface area contributed by atoms with Crippen molar-refractivity contribution in [1.82, 2.24) is 5.32 Å². The van der Waals surface area contributed by atoms with E-state index in [0.717, 1.165) is 6.07 Å². The average Bonchev–Trinajstić information content (AvgIpc) is 2.29. The van der Waals surface area contributed by atoms with Crippen molar-refractivity contribution >= 4 is 0 Å². The van der Waals surface area contributed by atoms with Gasteiger partial charge in [0.2, 0.25) is 0 Å². The molecule has 6 heteroatoms. The molecule has 1 aromatic rings. The highest BCUT2D eigenvalue weighted by Gasteiger charge is 2.29. The monoisotopic (exact) mass is 281 g/mol. The average molecular weight is 281 g/mol. The molecule has 1 N–H and O–H groups in total. The molecule has 1 rings (SSSR count). The zero-order valence-corrected chi connectivity index (χ0v) is 10.5. The summed E-state index contributed by atoms with van der Waals surface area (Å²) >= 11 is 0. The van der Waals surface area contributed by atoms with Gasteiger partial charge in [-0.05, 0) is 25.5 Å². The van der Waals surface area contributed by atoms with Crippen molar-refractivity contribution in [2.24, 2.45) is 0 Å². The Morgan fingerprint density at radius 2 is 1.89 bits per heavy atom. The second kappa shape index (κ2) is 6.84. The molecule has 1 unspecified atom stereocenters. The number of rotatable bonds is 6. The lowest BCUT2D eigenvalue weighted by atomic mass is 10.0. The molecule has 0 heterocycles. The lowest BCUT2D eigenvalue weighted by Crippen LogP contribution is -2.25. The van der Waals surface area contributed by atoms with Gasteiger partial charge in [0.05, 0.1) is 0 Å². The van der Waals surface area contributed by atoms with E-state index in [1.54, 1.807) is 0 Å². The molecule has 0 saturated carbocycles. The van der Waals surface area contributed by atoms with Crippen LogP contribution in [0.4, 0.5) is 22.0 Å². The standard InChI is InChI=1S/C13H16F5N/c1-2-7-19-12(5-6-13(16,17)18)10-4-3-9(14)8-11(10)15/h3-4,8,12,19H,2,5-7H2,1H3. The quantitative estimate of drug-likeness (QED) is 0.764. The van der Waals surface area contributed by atoms with Gasteiger partial charge in [-0.3, -0.25) is 0 Å². The predicted molar refractivity (Wildman–Crippen MR) is 62.7 cm³/mol. The summed E-state index contributed by atoms with van der Waals surface area (Å²) in [5, 5.41) is 2.86. The van der Waals surface area contributed by atoms with Gasteiger partial charge in [0.15, 0.2) is 0 Å². The first-order valence-electron chi connectivity index (χ1n) is 6.08. The van der Waals surface area contributed by atoms with Crippen molar-refractivity contribution in [3.63, 3.8) is 0 Å². The van der Waals surface area contributed by atoms with Crippen molar-refractivity contribution in [2.45, 2.75) is 38.4 Å². The molecule has 0 aromatic heterocycles. The summed E-state index contributed by atoms with van der Waals surface area (Å²) in [7, 11) is 0. The summed E-state index contributed by atoms with van der Waals surface area (Å²) in [6.07, 6.45) is -4.86. The van der Waals surface area contributed by atoms with Crippen LogP contribution >= 0.6 is 0 Å². The van der Waals surface area contributed by atoms with Gasteiger partial charge in [-0.15, -0.1) is 0 Å². The van der Waals surface area contributed by atoms with E-state index in [2.05, 4.69) is 5.32 Å². The maximum Gasteiger partial charge on any atom is 0.389 e. The Bertz CT molecular complexity index is 403. The van der Waals surface area contributed by atoms with Gasteiger partial charge in [0, 0.05) is 24.1 Å². The summed E-state index contributed by atoms with van der Waals surface area (Å²) in [4.78, 5) is 0. The van der Waals surface area contributed by atoms with Crippen molar-refractivity contribution in [1.29, 1.82) is 0 Å².